The first-order valence-electron chi connectivity index (χ1n) is 13.3. The molecule has 0 saturated heterocycles. The first kappa shape index (κ1) is 34.8. The molecule has 0 heterocycles. The van der Waals surface area contributed by atoms with E-state index in [-0.39, 0.29) is 18.9 Å². The van der Waals surface area contributed by atoms with Crippen molar-refractivity contribution in [3.8, 4) is 0 Å². The molecule has 0 spiro atoms. The van der Waals surface area contributed by atoms with Gasteiger partial charge in [-0.05, 0) is 55.0 Å². The van der Waals surface area contributed by atoms with Gasteiger partial charge in [0.15, 0.2) is 0 Å². The summed E-state index contributed by atoms with van der Waals surface area (Å²) in [7, 11) is 0. The number of benzene rings is 5. The Bertz CT molecular complexity index is 1280. The van der Waals surface area contributed by atoms with E-state index in [0.717, 1.165) is 11.4 Å². The molecule has 0 N–H and O–H groups in total. The largest absolute Gasteiger partial charge is 1.00 e. The first-order valence-corrected chi connectivity index (χ1v) is 13.7. The van der Waals surface area contributed by atoms with Crippen molar-refractivity contribution >= 4 is 17.7 Å². The van der Waals surface area contributed by atoms with Crippen LogP contribution in [0.2, 0.25) is 5.02 Å². The van der Waals surface area contributed by atoms with Gasteiger partial charge in [-0.15, -0.1) is 0 Å². The zero-order valence-electron chi connectivity index (χ0n) is 24.6. The maximum Gasteiger partial charge on any atom is 1.00 e. The summed E-state index contributed by atoms with van der Waals surface area (Å²) in [5.74, 6) is 0.587. The molecule has 40 heavy (non-hydrogen) atoms. The molecule has 0 amide bonds. The van der Waals surface area contributed by atoms with Crippen molar-refractivity contribution in [1.82, 2.24) is 0 Å². The Morgan fingerprint density at radius 3 is 1.50 bits per heavy atom. The summed E-state index contributed by atoms with van der Waals surface area (Å²) >= 11 is 5.61. The van der Waals surface area contributed by atoms with Gasteiger partial charge < -0.3 is 0 Å². The summed E-state index contributed by atoms with van der Waals surface area (Å²) in [6, 6.07) is 48.1. The van der Waals surface area contributed by atoms with Gasteiger partial charge in [-0.25, -0.2) is 0 Å². The van der Waals surface area contributed by atoms with Crippen molar-refractivity contribution in [2.24, 2.45) is 0 Å². The van der Waals surface area contributed by atoms with Crippen LogP contribution in [0.25, 0.3) is 6.08 Å². The van der Waals surface area contributed by atoms with Crippen LogP contribution in [0.15, 0.2) is 140 Å². The van der Waals surface area contributed by atoms with Gasteiger partial charge in [0.2, 0.25) is 0 Å². The van der Waals surface area contributed by atoms with Crippen LogP contribution in [0, 0.1) is 26.8 Å². The van der Waals surface area contributed by atoms with E-state index in [1.54, 1.807) is 0 Å². The SMILES string of the molecule is C=Cc1ccccc1.Cc1cc[c-]cc1.Cc1ccc(CC(C)c2ccccc2)cc1.Cc1ccc(Cl)cc1.[Li+]. The Kier molecular flexibility index (Phi) is 17.9. The molecule has 0 bridgehead atoms. The topological polar surface area (TPSA) is 0 Å². The van der Waals surface area contributed by atoms with E-state index in [1.807, 2.05) is 91.9 Å². The molecule has 1 atom stereocenters. The number of hydrogen-bond acceptors (Lipinski definition) is 0. The van der Waals surface area contributed by atoms with Gasteiger partial charge in [-0.2, -0.15) is 35.9 Å². The quantitative estimate of drug-likeness (QED) is 0.160. The Hall–Kier alpha value is -3.27. The van der Waals surface area contributed by atoms with Crippen LogP contribution in [-0.4, -0.2) is 0 Å². The number of rotatable bonds is 4. The number of halogens is 1. The van der Waals surface area contributed by atoms with Crippen LogP contribution in [0.4, 0.5) is 0 Å². The minimum atomic E-state index is 0. The van der Waals surface area contributed by atoms with Crippen molar-refractivity contribution in [1.29, 1.82) is 0 Å². The van der Waals surface area contributed by atoms with Crippen LogP contribution < -0.4 is 18.9 Å². The molecule has 0 aliphatic heterocycles. The third-order valence-corrected chi connectivity index (χ3v) is 6.21. The molecule has 0 radical (unpaired) electrons. The van der Waals surface area contributed by atoms with Crippen molar-refractivity contribution in [2.45, 2.75) is 40.0 Å². The molecule has 0 saturated carbocycles. The third kappa shape index (κ3) is 15.4. The molecule has 0 aliphatic carbocycles. The van der Waals surface area contributed by atoms with Crippen molar-refractivity contribution in [2.75, 3.05) is 0 Å². The van der Waals surface area contributed by atoms with Crippen LogP contribution >= 0.6 is 11.6 Å². The van der Waals surface area contributed by atoms with Gasteiger partial charge in [-0.3, -0.25) is 0 Å². The van der Waals surface area contributed by atoms with E-state index >= 15 is 0 Å². The standard InChI is InChI=1S/C16H18.C8H8.C7H7Cl.C7H7.Li/c1-13-8-10-15(11-9-13)12-14(2)16-6-4-3-5-7-16;1-2-8-6-4-3-5-7-8;1-6-2-4-7(8)5-3-6;1-7-5-3-2-4-6-7;/h3-11,14H,12H2,1-2H3;2-7H,1H2;2-5H,1H3;3-6H,1H3;/q;;;-1;+1. The van der Waals surface area contributed by atoms with E-state index in [0.29, 0.717) is 5.92 Å². The molecule has 5 aromatic carbocycles. The Balaban J connectivity index is 0.000000284. The molecule has 200 valence electrons. The van der Waals surface area contributed by atoms with Gasteiger partial charge >= 0.3 is 18.9 Å². The van der Waals surface area contributed by atoms with Crippen LogP contribution in [0.3, 0.4) is 0 Å². The number of aryl methyl sites for hydroxylation is 3. The van der Waals surface area contributed by atoms with E-state index in [4.69, 9.17) is 11.6 Å². The first-order chi connectivity index (χ1) is 18.9. The molecule has 1 unspecified atom stereocenters. The van der Waals surface area contributed by atoms with Crippen LogP contribution in [0.1, 0.15) is 46.2 Å². The Labute approximate surface area is 260 Å². The fraction of sp³-hybridized carbons (Fsp3) is 0.158. The zero-order chi connectivity index (χ0) is 28.3. The summed E-state index contributed by atoms with van der Waals surface area (Å²) in [6.07, 6.45) is 2.95. The van der Waals surface area contributed by atoms with E-state index < -0.39 is 0 Å². The minimum Gasteiger partial charge on any atom is -0.184 e. The van der Waals surface area contributed by atoms with Gasteiger partial charge in [0.05, 0.1) is 0 Å². The predicted molar refractivity (Wildman–Crippen MR) is 172 cm³/mol. The molecular weight excluding hydrogens is 499 g/mol. The summed E-state index contributed by atoms with van der Waals surface area (Å²) < 4.78 is 0. The van der Waals surface area contributed by atoms with Crippen LogP contribution in [0.5, 0.6) is 0 Å². The van der Waals surface area contributed by atoms with Crippen molar-refractivity contribution in [3.05, 3.63) is 185 Å². The second kappa shape index (κ2) is 20.6. The number of hydrogen-bond donors (Lipinski definition) is 0. The predicted octanol–water partition coefficient (Wildman–Crippen LogP) is 8.12. The summed E-state index contributed by atoms with van der Waals surface area (Å²) in [5.41, 5.74) is 7.88. The van der Waals surface area contributed by atoms with Gasteiger partial charge in [-0.1, -0.05) is 146 Å². The third-order valence-electron chi connectivity index (χ3n) is 5.96. The monoisotopic (exact) mass is 538 g/mol. The maximum absolute atomic E-state index is 5.61. The average Bonchev–Trinajstić information content (AvgIpc) is 2.98. The van der Waals surface area contributed by atoms with E-state index in [1.165, 1.54) is 33.4 Å². The van der Waals surface area contributed by atoms with Crippen molar-refractivity contribution < 1.29 is 18.9 Å². The van der Waals surface area contributed by atoms with Crippen LogP contribution in [-0.2, 0) is 6.42 Å². The molecule has 5 aromatic rings. The summed E-state index contributed by atoms with van der Waals surface area (Å²) in [6.45, 7) is 12.1. The van der Waals surface area contributed by atoms with Crippen molar-refractivity contribution in [3.63, 3.8) is 0 Å². The van der Waals surface area contributed by atoms with Gasteiger partial charge in [0, 0.05) is 5.02 Å². The fourth-order valence-corrected chi connectivity index (χ4v) is 3.70. The van der Waals surface area contributed by atoms with Gasteiger partial charge in [0.1, 0.15) is 0 Å². The summed E-state index contributed by atoms with van der Waals surface area (Å²) in [4.78, 5) is 0. The molecule has 2 heteroatoms. The molecule has 5 rings (SSSR count). The zero-order valence-corrected chi connectivity index (χ0v) is 25.4. The van der Waals surface area contributed by atoms with E-state index in [9.17, 15) is 0 Å². The molecular formula is C38H40ClLi. The fourth-order valence-electron chi connectivity index (χ4n) is 3.57. The molecule has 0 nitrogen and oxygen atoms in total. The van der Waals surface area contributed by atoms with Gasteiger partial charge in [0.25, 0.3) is 0 Å². The normalized spacial score (nSPS) is 10.0. The van der Waals surface area contributed by atoms with E-state index in [2.05, 4.69) is 88.0 Å². The second-order valence-corrected chi connectivity index (χ2v) is 9.93. The Morgan fingerprint density at radius 2 is 1.10 bits per heavy atom. The Morgan fingerprint density at radius 1 is 0.650 bits per heavy atom. The smallest absolute Gasteiger partial charge is 0.184 e. The average molecular weight is 539 g/mol. The maximum atomic E-state index is 5.61. The summed E-state index contributed by atoms with van der Waals surface area (Å²) in [5, 5.41) is 0.801. The minimum absolute atomic E-state index is 0. The second-order valence-electron chi connectivity index (χ2n) is 9.49. The molecule has 0 aromatic heterocycles. The molecule has 0 fully saturated rings. The molecule has 0 aliphatic rings.